The lowest BCUT2D eigenvalue weighted by atomic mass is 9.91. The average Bonchev–Trinajstić information content (AvgIpc) is 2.70. The van der Waals surface area contributed by atoms with Crippen molar-refractivity contribution in [3.05, 3.63) is 10.8 Å². The van der Waals surface area contributed by atoms with Gasteiger partial charge < -0.3 is 38.0 Å². The van der Waals surface area contributed by atoms with E-state index < -0.39 is 36.8 Å². The van der Waals surface area contributed by atoms with Crippen molar-refractivity contribution in [1.29, 1.82) is 0 Å². The summed E-state index contributed by atoms with van der Waals surface area (Å²) in [6, 6.07) is -0.285. The summed E-state index contributed by atoms with van der Waals surface area (Å²) in [5, 5.41) is 23.2. The molecule has 0 spiro atoms. The zero-order chi connectivity index (χ0) is 25.4. The van der Waals surface area contributed by atoms with E-state index in [1.165, 1.54) is 0 Å². The molecule has 15 nitrogen and oxygen atoms in total. The molecule has 0 atom stereocenters. The lowest BCUT2D eigenvalue weighted by Crippen LogP contribution is -2.48. The summed E-state index contributed by atoms with van der Waals surface area (Å²) in [7, 11) is 0. The Hall–Kier alpha value is -3.72. The number of rotatable bonds is 9. The van der Waals surface area contributed by atoms with Crippen LogP contribution in [0.15, 0.2) is 4.99 Å². The Morgan fingerprint density at radius 2 is 1.47 bits per heavy atom. The highest BCUT2D eigenvalue weighted by Crippen LogP contribution is 2.19. The summed E-state index contributed by atoms with van der Waals surface area (Å²) in [5.41, 5.74) is 16.6. The summed E-state index contributed by atoms with van der Waals surface area (Å²) >= 11 is 5.76. The molecule has 0 aliphatic heterocycles. The summed E-state index contributed by atoms with van der Waals surface area (Å²) < 4.78 is 0. The van der Waals surface area contributed by atoms with Crippen LogP contribution in [-0.4, -0.2) is 86.5 Å². The highest BCUT2D eigenvalue weighted by atomic mass is 35.5. The Morgan fingerprint density at radius 1 is 0.941 bits per heavy atom. The standard InChI is InChI=1S/C18H26ClN9O6/c19-14-16(21)26-15(20)13(25-14)17(34)27-18(22)24-9-3-1-8(2-4-9)23-10(29)5-28(6-11(30)31)7-12(32)33/h8-9H,1-7H2,(H,23,29)(H,30,31)(H,32,33)(H4,20,21,26)(H3,22,24,27,34). The van der Waals surface area contributed by atoms with Crippen LogP contribution >= 0.6 is 11.6 Å². The van der Waals surface area contributed by atoms with Gasteiger partial charge in [-0.25, -0.2) is 9.97 Å². The van der Waals surface area contributed by atoms with E-state index in [4.69, 9.17) is 39.0 Å². The first kappa shape index (κ1) is 26.5. The molecule has 1 aromatic heterocycles. The van der Waals surface area contributed by atoms with E-state index in [1.807, 2.05) is 0 Å². The van der Waals surface area contributed by atoms with Gasteiger partial charge in [-0.2, -0.15) is 4.99 Å². The number of halogens is 1. The molecule has 1 saturated carbocycles. The van der Waals surface area contributed by atoms with Crippen molar-refractivity contribution in [1.82, 2.24) is 25.5 Å². The molecule has 186 valence electrons. The zero-order valence-electron chi connectivity index (χ0n) is 18.0. The minimum absolute atomic E-state index is 0.112. The van der Waals surface area contributed by atoms with Gasteiger partial charge in [0.15, 0.2) is 28.4 Å². The fraction of sp³-hybridized carbons (Fsp3) is 0.500. The fourth-order valence-electron chi connectivity index (χ4n) is 3.41. The van der Waals surface area contributed by atoms with Crippen LogP contribution in [0.4, 0.5) is 11.6 Å². The van der Waals surface area contributed by atoms with Gasteiger partial charge in [-0.15, -0.1) is 0 Å². The second kappa shape index (κ2) is 11.9. The first-order chi connectivity index (χ1) is 15.9. The number of nitrogens with zero attached hydrogens (tertiary/aromatic N) is 4. The topological polar surface area (TPSA) is 252 Å². The van der Waals surface area contributed by atoms with Crippen molar-refractivity contribution < 1.29 is 29.4 Å². The van der Waals surface area contributed by atoms with Crippen molar-refractivity contribution in [3.8, 4) is 0 Å². The third-order valence-electron chi connectivity index (χ3n) is 4.86. The number of anilines is 2. The third kappa shape index (κ3) is 8.32. The van der Waals surface area contributed by atoms with Crippen molar-refractivity contribution in [3.63, 3.8) is 0 Å². The monoisotopic (exact) mass is 499 g/mol. The number of hydrogen-bond donors (Lipinski definition) is 7. The first-order valence-corrected chi connectivity index (χ1v) is 10.5. The Labute approximate surface area is 198 Å². The average molecular weight is 500 g/mol. The van der Waals surface area contributed by atoms with E-state index in [9.17, 15) is 19.2 Å². The molecule has 2 rings (SSSR count). The number of carboxylic acid groups (broad SMARTS) is 2. The first-order valence-electron chi connectivity index (χ1n) is 10.1. The van der Waals surface area contributed by atoms with Crippen molar-refractivity contribution >= 4 is 52.9 Å². The number of nitrogens with one attached hydrogen (secondary N) is 2. The van der Waals surface area contributed by atoms with Crippen molar-refractivity contribution in [2.45, 2.75) is 37.8 Å². The second-order valence-corrected chi connectivity index (χ2v) is 7.99. The van der Waals surface area contributed by atoms with Crippen molar-refractivity contribution in [2.24, 2.45) is 10.7 Å². The molecular formula is C18H26ClN9O6. The quantitative estimate of drug-likeness (QED) is 0.147. The molecule has 1 heterocycles. The van der Waals surface area contributed by atoms with Crippen LogP contribution in [0.3, 0.4) is 0 Å². The van der Waals surface area contributed by atoms with Gasteiger partial charge >= 0.3 is 17.8 Å². The van der Waals surface area contributed by atoms with Gasteiger partial charge in [-0.05, 0) is 25.7 Å². The normalized spacial score (nSPS) is 18.4. The lowest BCUT2D eigenvalue weighted by molar-refractivity contribution is -0.142. The molecule has 0 aromatic carbocycles. The molecule has 1 aliphatic carbocycles. The highest BCUT2D eigenvalue weighted by Gasteiger charge is 2.25. The van der Waals surface area contributed by atoms with Gasteiger partial charge in [0, 0.05) is 12.1 Å². The van der Waals surface area contributed by atoms with E-state index >= 15 is 0 Å². The van der Waals surface area contributed by atoms with Gasteiger partial charge in [0.25, 0.3) is 0 Å². The lowest BCUT2D eigenvalue weighted by Gasteiger charge is -2.30. The number of nitrogen functional groups attached to an aromatic ring is 2. The largest absolute Gasteiger partial charge is 0.480 e. The van der Waals surface area contributed by atoms with Gasteiger partial charge in [-0.1, -0.05) is 11.6 Å². The molecule has 16 heteroatoms. The van der Waals surface area contributed by atoms with Crippen LogP contribution in [0.5, 0.6) is 0 Å². The van der Waals surface area contributed by atoms with Crippen LogP contribution in [0.2, 0.25) is 5.15 Å². The van der Waals surface area contributed by atoms with E-state index in [2.05, 4.69) is 25.6 Å². The Morgan fingerprint density at radius 3 is 2.00 bits per heavy atom. The van der Waals surface area contributed by atoms with Gasteiger partial charge in [0.1, 0.15) is 0 Å². The molecule has 1 aromatic rings. The molecule has 34 heavy (non-hydrogen) atoms. The fourth-order valence-corrected chi connectivity index (χ4v) is 3.54. The van der Waals surface area contributed by atoms with Crippen LogP contribution in [-0.2, 0) is 14.4 Å². The third-order valence-corrected chi connectivity index (χ3v) is 5.14. The highest BCUT2D eigenvalue weighted by molar-refractivity contribution is 6.31. The summed E-state index contributed by atoms with van der Waals surface area (Å²) in [6.45, 7) is -1.47. The van der Waals surface area contributed by atoms with Crippen LogP contribution in [0.25, 0.3) is 0 Å². The number of aliphatic imine (C=N–C) groups is 1. The number of aliphatic carboxylic acids is 2. The number of carbonyl (C=O) groups is 4. The summed E-state index contributed by atoms with van der Waals surface area (Å²) in [6.07, 6.45) is 2.35. The zero-order valence-corrected chi connectivity index (χ0v) is 18.8. The molecule has 0 radical (unpaired) electrons. The smallest absolute Gasteiger partial charge is 0.317 e. The minimum atomic E-state index is -1.23. The summed E-state index contributed by atoms with van der Waals surface area (Å²) in [4.78, 5) is 58.4. The number of nitrogens with two attached hydrogens (primary N) is 3. The molecular weight excluding hydrogens is 474 g/mol. The minimum Gasteiger partial charge on any atom is -0.480 e. The van der Waals surface area contributed by atoms with E-state index in [-0.39, 0.29) is 47.1 Å². The maximum absolute atomic E-state index is 12.3. The number of amides is 2. The number of guanidine groups is 1. The van der Waals surface area contributed by atoms with E-state index in [1.54, 1.807) is 0 Å². The van der Waals surface area contributed by atoms with E-state index in [0.29, 0.717) is 25.7 Å². The molecule has 0 saturated heterocycles. The predicted octanol–water partition coefficient (Wildman–Crippen LogP) is -1.76. The Kier molecular flexibility index (Phi) is 9.32. The molecule has 1 aliphatic rings. The van der Waals surface area contributed by atoms with E-state index in [0.717, 1.165) is 4.90 Å². The molecule has 10 N–H and O–H groups in total. The maximum Gasteiger partial charge on any atom is 0.317 e. The van der Waals surface area contributed by atoms with Crippen LogP contribution in [0, 0.1) is 0 Å². The van der Waals surface area contributed by atoms with Gasteiger partial charge in [0.2, 0.25) is 5.91 Å². The molecule has 2 amide bonds. The molecule has 1 fully saturated rings. The van der Waals surface area contributed by atoms with Gasteiger partial charge in [-0.3, -0.25) is 24.1 Å². The molecule has 0 bridgehead atoms. The number of aromatic nitrogens is 2. The van der Waals surface area contributed by atoms with Gasteiger partial charge in [0.05, 0.1) is 19.6 Å². The second-order valence-electron chi connectivity index (χ2n) is 7.63. The van der Waals surface area contributed by atoms with Crippen molar-refractivity contribution in [2.75, 3.05) is 31.1 Å². The summed E-state index contributed by atoms with van der Waals surface area (Å²) in [5.74, 6) is -4.27. The Bertz CT molecular complexity index is 965. The Balaban J connectivity index is 1.83. The number of carbonyl (C=O) groups excluding carboxylic acids is 2. The molecule has 0 unspecified atom stereocenters. The maximum atomic E-state index is 12.3. The predicted molar refractivity (Wildman–Crippen MR) is 121 cm³/mol. The number of carboxylic acids is 2. The SMILES string of the molecule is N/C(=N\C(=O)c1nc(Cl)c(N)nc1N)NC1CCC(NC(=O)CN(CC(=O)O)CC(=O)O)CC1. The van der Waals surface area contributed by atoms with Crippen LogP contribution < -0.4 is 27.8 Å². The number of hydrogen-bond acceptors (Lipinski definition) is 9. The van der Waals surface area contributed by atoms with Crippen LogP contribution in [0.1, 0.15) is 36.2 Å².